The molecule has 2 N–H and O–H groups in total. The van der Waals surface area contributed by atoms with Crippen LogP contribution in [0.2, 0.25) is 0 Å². The van der Waals surface area contributed by atoms with E-state index < -0.39 is 5.60 Å². The Labute approximate surface area is 171 Å². The number of benzene rings is 2. The molecule has 1 unspecified atom stereocenters. The Morgan fingerprint density at radius 1 is 1.12 bits per heavy atom. The van der Waals surface area contributed by atoms with Crippen LogP contribution in [0.1, 0.15) is 29.9 Å². The normalized spacial score (nSPS) is 17.5. The van der Waals surface area contributed by atoms with Gasteiger partial charge in [-0.15, -0.1) is 0 Å². The van der Waals surface area contributed by atoms with E-state index in [0.717, 1.165) is 38.9 Å². The highest BCUT2D eigenvalue weighted by molar-refractivity contribution is 9.10. The first-order valence-corrected chi connectivity index (χ1v) is 10.3. The average Bonchev–Trinajstić information content (AvgIpc) is 2.63. The Balaban J connectivity index is 2.12. The van der Waals surface area contributed by atoms with Crippen molar-refractivity contribution >= 4 is 31.9 Å². The molecule has 1 atom stereocenters. The molecule has 0 aliphatic carbocycles. The monoisotopic (exact) mass is 479 g/mol. The quantitative estimate of drug-likeness (QED) is 0.570. The Kier molecular flexibility index (Phi) is 6.56. The second-order valence-electron chi connectivity index (χ2n) is 6.62. The van der Waals surface area contributed by atoms with Crippen molar-refractivity contribution in [1.82, 2.24) is 5.32 Å². The SMILES string of the molecule is C=CCOc1ccc(Br)cc1C(c1ccc(Br)cc1)C1(O)CCNCC1. The average molecular weight is 481 g/mol. The molecule has 1 heterocycles. The van der Waals surface area contributed by atoms with Crippen LogP contribution >= 0.6 is 31.9 Å². The van der Waals surface area contributed by atoms with E-state index in [1.165, 1.54) is 0 Å². The van der Waals surface area contributed by atoms with Crippen molar-refractivity contribution in [3.05, 3.63) is 75.2 Å². The molecule has 0 spiro atoms. The topological polar surface area (TPSA) is 41.5 Å². The van der Waals surface area contributed by atoms with Gasteiger partial charge in [-0.1, -0.05) is 56.6 Å². The maximum Gasteiger partial charge on any atom is 0.123 e. The molecule has 0 aromatic heterocycles. The molecule has 138 valence electrons. The van der Waals surface area contributed by atoms with Gasteiger partial charge in [0.1, 0.15) is 12.4 Å². The molecule has 3 rings (SSSR count). The van der Waals surface area contributed by atoms with Crippen LogP contribution in [0.3, 0.4) is 0 Å². The zero-order valence-electron chi connectivity index (χ0n) is 14.6. The molecule has 0 radical (unpaired) electrons. The van der Waals surface area contributed by atoms with E-state index >= 15 is 0 Å². The van der Waals surface area contributed by atoms with Gasteiger partial charge < -0.3 is 15.2 Å². The van der Waals surface area contributed by atoms with Gasteiger partial charge in [0.25, 0.3) is 0 Å². The molecule has 1 saturated heterocycles. The number of piperidine rings is 1. The highest BCUT2D eigenvalue weighted by Crippen LogP contribution is 2.44. The summed E-state index contributed by atoms with van der Waals surface area (Å²) >= 11 is 7.09. The zero-order valence-corrected chi connectivity index (χ0v) is 17.7. The lowest BCUT2D eigenvalue weighted by Crippen LogP contribution is -2.46. The number of nitrogens with one attached hydrogen (secondary N) is 1. The Morgan fingerprint density at radius 2 is 1.77 bits per heavy atom. The molecular weight excluding hydrogens is 458 g/mol. The van der Waals surface area contributed by atoms with Gasteiger partial charge in [-0.3, -0.25) is 0 Å². The molecule has 1 fully saturated rings. The summed E-state index contributed by atoms with van der Waals surface area (Å²) in [6.45, 7) is 5.79. The van der Waals surface area contributed by atoms with Crippen molar-refractivity contribution in [1.29, 1.82) is 0 Å². The molecule has 5 heteroatoms. The van der Waals surface area contributed by atoms with Gasteiger partial charge in [0.15, 0.2) is 0 Å². The standard InChI is InChI=1S/C21H23Br2NO2/c1-2-13-26-19-8-7-17(23)14-18(19)20(15-3-5-16(22)6-4-15)21(25)9-11-24-12-10-21/h2-8,14,20,24-25H,1,9-13H2. The van der Waals surface area contributed by atoms with Crippen LogP contribution in [0.15, 0.2) is 64.1 Å². The van der Waals surface area contributed by atoms with E-state index in [9.17, 15) is 5.11 Å². The lowest BCUT2D eigenvalue weighted by Gasteiger charge is -2.40. The highest BCUT2D eigenvalue weighted by Gasteiger charge is 2.41. The molecule has 0 saturated carbocycles. The number of halogens is 2. The van der Waals surface area contributed by atoms with Gasteiger partial charge in [-0.25, -0.2) is 0 Å². The van der Waals surface area contributed by atoms with E-state index in [2.05, 4.69) is 62.0 Å². The molecule has 3 nitrogen and oxygen atoms in total. The van der Waals surface area contributed by atoms with Gasteiger partial charge in [0.2, 0.25) is 0 Å². The van der Waals surface area contributed by atoms with E-state index in [4.69, 9.17) is 4.74 Å². The van der Waals surface area contributed by atoms with E-state index in [-0.39, 0.29) is 5.92 Å². The first-order valence-electron chi connectivity index (χ1n) is 8.75. The molecule has 2 aromatic rings. The third-order valence-electron chi connectivity index (χ3n) is 4.85. The first-order chi connectivity index (χ1) is 12.5. The maximum atomic E-state index is 11.6. The van der Waals surface area contributed by atoms with E-state index in [0.29, 0.717) is 19.4 Å². The fourth-order valence-corrected chi connectivity index (χ4v) is 4.25. The number of hydrogen-bond acceptors (Lipinski definition) is 3. The summed E-state index contributed by atoms with van der Waals surface area (Å²) in [6, 6.07) is 14.2. The second-order valence-corrected chi connectivity index (χ2v) is 8.45. The highest BCUT2D eigenvalue weighted by atomic mass is 79.9. The lowest BCUT2D eigenvalue weighted by atomic mass is 9.72. The van der Waals surface area contributed by atoms with Crippen molar-refractivity contribution < 1.29 is 9.84 Å². The molecular formula is C21H23Br2NO2. The summed E-state index contributed by atoms with van der Waals surface area (Å²) in [4.78, 5) is 0. The van der Waals surface area contributed by atoms with Gasteiger partial charge in [0.05, 0.1) is 5.60 Å². The fourth-order valence-electron chi connectivity index (χ4n) is 3.61. The smallest absolute Gasteiger partial charge is 0.123 e. The summed E-state index contributed by atoms with van der Waals surface area (Å²) in [7, 11) is 0. The zero-order chi connectivity index (χ0) is 18.6. The number of rotatable bonds is 6. The minimum atomic E-state index is -0.827. The first kappa shape index (κ1) is 19.6. The van der Waals surface area contributed by atoms with E-state index in [1.807, 2.05) is 24.3 Å². The van der Waals surface area contributed by atoms with Crippen molar-refractivity contribution in [3.63, 3.8) is 0 Å². The van der Waals surface area contributed by atoms with Crippen molar-refractivity contribution in [3.8, 4) is 5.75 Å². The molecule has 0 bridgehead atoms. The van der Waals surface area contributed by atoms with Crippen LogP contribution in [-0.2, 0) is 0 Å². The predicted octanol–water partition coefficient (Wildman–Crippen LogP) is 5.02. The lowest BCUT2D eigenvalue weighted by molar-refractivity contribution is -0.00549. The summed E-state index contributed by atoms with van der Waals surface area (Å²) in [5, 5.41) is 15.0. The van der Waals surface area contributed by atoms with Crippen LogP contribution in [0.25, 0.3) is 0 Å². The minimum Gasteiger partial charge on any atom is -0.489 e. The minimum absolute atomic E-state index is 0.171. The summed E-state index contributed by atoms with van der Waals surface area (Å²) in [6.07, 6.45) is 3.13. The summed E-state index contributed by atoms with van der Waals surface area (Å²) in [5.41, 5.74) is 1.25. The molecule has 26 heavy (non-hydrogen) atoms. The predicted molar refractivity (Wildman–Crippen MR) is 113 cm³/mol. The van der Waals surface area contributed by atoms with Gasteiger partial charge in [-0.2, -0.15) is 0 Å². The summed E-state index contributed by atoms with van der Waals surface area (Å²) < 4.78 is 7.92. The van der Waals surface area contributed by atoms with Crippen molar-refractivity contribution in [2.75, 3.05) is 19.7 Å². The van der Waals surface area contributed by atoms with Crippen molar-refractivity contribution in [2.24, 2.45) is 0 Å². The Hall–Kier alpha value is -1.14. The summed E-state index contributed by atoms with van der Waals surface area (Å²) in [5.74, 6) is 0.614. The van der Waals surface area contributed by atoms with Gasteiger partial charge in [-0.05, 0) is 61.8 Å². The fraction of sp³-hybridized carbons (Fsp3) is 0.333. The number of aliphatic hydroxyl groups is 1. The van der Waals surface area contributed by atoms with Gasteiger partial charge >= 0.3 is 0 Å². The maximum absolute atomic E-state index is 11.6. The molecule has 0 amide bonds. The largest absolute Gasteiger partial charge is 0.489 e. The second kappa shape index (κ2) is 8.70. The molecule has 1 aliphatic heterocycles. The third-order valence-corrected chi connectivity index (χ3v) is 5.87. The van der Waals surface area contributed by atoms with Crippen LogP contribution in [0.4, 0.5) is 0 Å². The number of hydrogen-bond donors (Lipinski definition) is 2. The van der Waals surface area contributed by atoms with Crippen LogP contribution in [-0.4, -0.2) is 30.4 Å². The van der Waals surface area contributed by atoms with E-state index in [1.54, 1.807) is 6.08 Å². The molecule has 1 aliphatic rings. The van der Waals surface area contributed by atoms with Gasteiger partial charge in [0, 0.05) is 20.4 Å². The van der Waals surface area contributed by atoms with Crippen molar-refractivity contribution in [2.45, 2.75) is 24.4 Å². The van der Waals surface area contributed by atoms with Crippen LogP contribution < -0.4 is 10.1 Å². The van der Waals surface area contributed by atoms with Crippen LogP contribution in [0.5, 0.6) is 5.75 Å². The van der Waals surface area contributed by atoms with Crippen LogP contribution in [0, 0.1) is 0 Å². The third kappa shape index (κ3) is 4.39. The Morgan fingerprint density at radius 3 is 2.42 bits per heavy atom. The Bertz CT molecular complexity index is 755. The number of ether oxygens (including phenoxy) is 1. The molecule has 2 aromatic carbocycles.